The van der Waals surface area contributed by atoms with Crippen LogP contribution in [-0.4, -0.2) is 20.5 Å². The Bertz CT molecular complexity index is 826. The molecule has 0 fully saturated rings. The van der Waals surface area contributed by atoms with E-state index >= 15 is 0 Å². The first kappa shape index (κ1) is 20.4. The summed E-state index contributed by atoms with van der Waals surface area (Å²) in [6.07, 6.45) is 1.61. The molecule has 0 aliphatic heterocycles. The number of aryl methyl sites for hydroxylation is 1. The molecule has 0 saturated carbocycles. The lowest BCUT2D eigenvalue weighted by molar-refractivity contribution is 0.346. The highest BCUT2D eigenvalue weighted by Gasteiger charge is 2.22. The molecule has 4 nitrogen and oxygen atoms in total. The Morgan fingerprint density at radius 2 is 1.65 bits per heavy atom. The van der Waals surface area contributed by atoms with E-state index in [2.05, 4.69) is 29.1 Å². The summed E-state index contributed by atoms with van der Waals surface area (Å²) < 4.78 is 27.2. The van der Waals surface area contributed by atoms with E-state index in [0.29, 0.717) is 6.54 Å². The SMILES string of the molecule is Cc1ccc(/C=C/S(=O)(=O)NCC(C)(C)NC(C)c2ccccc2)cc1. The summed E-state index contributed by atoms with van der Waals surface area (Å²) in [5.74, 6) is 0. The van der Waals surface area contributed by atoms with E-state index in [4.69, 9.17) is 0 Å². The fourth-order valence-electron chi connectivity index (χ4n) is 2.64. The second-order valence-electron chi connectivity index (χ2n) is 7.24. The highest BCUT2D eigenvalue weighted by atomic mass is 32.2. The van der Waals surface area contributed by atoms with Crippen molar-refractivity contribution in [3.63, 3.8) is 0 Å². The average molecular weight is 373 g/mol. The predicted molar refractivity (Wildman–Crippen MR) is 109 cm³/mol. The molecule has 140 valence electrons. The third-order valence-corrected chi connectivity index (χ3v) is 5.18. The maximum atomic E-state index is 12.2. The van der Waals surface area contributed by atoms with E-state index in [-0.39, 0.29) is 11.6 Å². The minimum Gasteiger partial charge on any atom is -0.304 e. The Morgan fingerprint density at radius 1 is 1.04 bits per heavy atom. The van der Waals surface area contributed by atoms with Gasteiger partial charge in [-0.25, -0.2) is 13.1 Å². The highest BCUT2D eigenvalue weighted by molar-refractivity contribution is 7.92. The topological polar surface area (TPSA) is 58.2 Å². The first-order valence-electron chi connectivity index (χ1n) is 8.74. The van der Waals surface area contributed by atoms with Crippen LogP contribution in [-0.2, 0) is 10.0 Å². The van der Waals surface area contributed by atoms with E-state index < -0.39 is 10.0 Å². The summed E-state index contributed by atoms with van der Waals surface area (Å²) >= 11 is 0. The van der Waals surface area contributed by atoms with Crippen molar-refractivity contribution >= 4 is 16.1 Å². The Labute approximate surface area is 157 Å². The van der Waals surface area contributed by atoms with Crippen LogP contribution in [0.4, 0.5) is 0 Å². The number of hydrogen-bond donors (Lipinski definition) is 2. The number of sulfonamides is 1. The van der Waals surface area contributed by atoms with Crippen molar-refractivity contribution < 1.29 is 8.42 Å². The lowest BCUT2D eigenvalue weighted by Gasteiger charge is -2.30. The molecular formula is C21H28N2O2S. The van der Waals surface area contributed by atoms with Crippen LogP contribution in [0.2, 0.25) is 0 Å². The first-order valence-corrected chi connectivity index (χ1v) is 10.3. The number of benzene rings is 2. The monoisotopic (exact) mass is 372 g/mol. The molecule has 0 aliphatic rings. The first-order chi connectivity index (χ1) is 12.2. The molecular weight excluding hydrogens is 344 g/mol. The van der Waals surface area contributed by atoms with Crippen LogP contribution in [0.1, 0.15) is 43.5 Å². The summed E-state index contributed by atoms with van der Waals surface area (Å²) in [5, 5.41) is 4.69. The van der Waals surface area contributed by atoms with Gasteiger partial charge in [-0.15, -0.1) is 0 Å². The zero-order valence-corrected chi connectivity index (χ0v) is 16.7. The fraction of sp³-hybridized carbons (Fsp3) is 0.333. The molecule has 0 radical (unpaired) electrons. The summed E-state index contributed by atoms with van der Waals surface area (Å²) in [5.41, 5.74) is 2.78. The Kier molecular flexibility index (Phi) is 6.75. The van der Waals surface area contributed by atoms with Crippen LogP contribution in [0.5, 0.6) is 0 Å². The number of hydrogen-bond acceptors (Lipinski definition) is 3. The molecule has 0 aliphatic carbocycles. The molecule has 2 rings (SSSR count). The van der Waals surface area contributed by atoms with E-state index in [9.17, 15) is 8.42 Å². The van der Waals surface area contributed by atoms with Crippen LogP contribution >= 0.6 is 0 Å². The zero-order valence-electron chi connectivity index (χ0n) is 15.9. The molecule has 26 heavy (non-hydrogen) atoms. The smallest absolute Gasteiger partial charge is 0.233 e. The summed E-state index contributed by atoms with van der Waals surface area (Å²) in [6, 6.07) is 17.9. The number of rotatable bonds is 8. The van der Waals surface area contributed by atoms with E-state index in [0.717, 1.165) is 11.1 Å². The van der Waals surface area contributed by atoms with Gasteiger partial charge in [0.05, 0.1) is 0 Å². The minimum absolute atomic E-state index is 0.124. The second-order valence-corrected chi connectivity index (χ2v) is 8.89. The van der Waals surface area contributed by atoms with Crippen molar-refractivity contribution in [1.82, 2.24) is 10.0 Å². The van der Waals surface area contributed by atoms with Crippen LogP contribution in [0.15, 0.2) is 60.0 Å². The van der Waals surface area contributed by atoms with Gasteiger partial charge in [-0.2, -0.15) is 0 Å². The van der Waals surface area contributed by atoms with Gasteiger partial charge in [0.25, 0.3) is 0 Å². The molecule has 1 unspecified atom stereocenters. The lowest BCUT2D eigenvalue weighted by atomic mass is 10.0. The van der Waals surface area contributed by atoms with Gasteiger partial charge in [0, 0.05) is 23.5 Å². The van der Waals surface area contributed by atoms with Crippen LogP contribution < -0.4 is 10.0 Å². The van der Waals surface area contributed by atoms with Gasteiger partial charge in [0.2, 0.25) is 10.0 Å². The van der Waals surface area contributed by atoms with E-state index in [1.165, 1.54) is 11.0 Å². The van der Waals surface area contributed by atoms with Crippen molar-refractivity contribution in [3.8, 4) is 0 Å². The molecule has 1 atom stereocenters. The Balaban J connectivity index is 1.93. The quantitative estimate of drug-likeness (QED) is 0.736. The molecule has 0 spiro atoms. The third kappa shape index (κ3) is 6.75. The van der Waals surface area contributed by atoms with E-state index in [1.807, 2.05) is 63.2 Å². The van der Waals surface area contributed by atoms with Crippen molar-refractivity contribution in [2.24, 2.45) is 0 Å². The maximum absolute atomic E-state index is 12.2. The molecule has 2 aromatic carbocycles. The van der Waals surface area contributed by atoms with Gasteiger partial charge < -0.3 is 5.32 Å². The third-order valence-electron chi connectivity index (χ3n) is 4.14. The average Bonchev–Trinajstić information content (AvgIpc) is 2.60. The normalized spacial score (nSPS) is 13.8. The zero-order chi connectivity index (χ0) is 19.2. The minimum atomic E-state index is -3.49. The number of nitrogens with one attached hydrogen (secondary N) is 2. The van der Waals surface area contributed by atoms with Gasteiger partial charge in [0.1, 0.15) is 0 Å². The summed E-state index contributed by atoms with van der Waals surface area (Å²) in [6.45, 7) is 8.34. The highest BCUT2D eigenvalue weighted by Crippen LogP contribution is 2.16. The van der Waals surface area contributed by atoms with Crippen LogP contribution in [0.25, 0.3) is 6.08 Å². The summed E-state index contributed by atoms with van der Waals surface area (Å²) in [4.78, 5) is 0. The van der Waals surface area contributed by atoms with Crippen molar-refractivity contribution in [2.45, 2.75) is 39.3 Å². The van der Waals surface area contributed by atoms with Gasteiger partial charge in [-0.05, 0) is 44.9 Å². The molecule has 2 aromatic rings. The van der Waals surface area contributed by atoms with Crippen molar-refractivity contribution in [2.75, 3.05) is 6.54 Å². The largest absolute Gasteiger partial charge is 0.304 e. The van der Waals surface area contributed by atoms with Gasteiger partial charge in [-0.3, -0.25) is 0 Å². The Hall–Kier alpha value is -1.95. The molecule has 0 amide bonds. The van der Waals surface area contributed by atoms with Gasteiger partial charge in [0.15, 0.2) is 0 Å². The van der Waals surface area contributed by atoms with Gasteiger partial charge in [-0.1, -0.05) is 60.2 Å². The van der Waals surface area contributed by atoms with Crippen LogP contribution in [0.3, 0.4) is 0 Å². The molecule has 5 heteroatoms. The second kappa shape index (κ2) is 8.62. The molecule has 0 aromatic heterocycles. The van der Waals surface area contributed by atoms with Crippen LogP contribution in [0, 0.1) is 6.92 Å². The molecule has 0 bridgehead atoms. The van der Waals surface area contributed by atoms with Gasteiger partial charge >= 0.3 is 0 Å². The molecule has 0 heterocycles. The molecule has 0 saturated heterocycles. The summed E-state index contributed by atoms with van der Waals surface area (Å²) in [7, 11) is -3.49. The molecule has 2 N–H and O–H groups in total. The van der Waals surface area contributed by atoms with Crippen molar-refractivity contribution in [3.05, 3.63) is 76.7 Å². The fourth-order valence-corrected chi connectivity index (χ4v) is 3.63. The van der Waals surface area contributed by atoms with E-state index in [1.54, 1.807) is 6.08 Å². The lowest BCUT2D eigenvalue weighted by Crippen LogP contribution is -2.49. The van der Waals surface area contributed by atoms with Crippen molar-refractivity contribution in [1.29, 1.82) is 0 Å². The predicted octanol–water partition coefficient (Wildman–Crippen LogP) is 4.01. The standard InChI is InChI=1S/C21H28N2O2S/c1-17-10-12-19(13-11-17)14-15-26(24,25)22-16-21(3,4)23-18(2)20-8-6-5-7-9-20/h5-15,18,22-23H,16H2,1-4H3/b15-14+. The maximum Gasteiger partial charge on any atom is 0.233 e. The Morgan fingerprint density at radius 3 is 2.27 bits per heavy atom.